The molecular formula is C64H40N4O. The molecule has 69 heavy (non-hydrogen) atoms. The van der Waals surface area contributed by atoms with E-state index in [1.165, 1.54) is 0 Å². The summed E-state index contributed by atoms with van der Waals surface area (Å²) >= 11 is 0. The number of furan rings is 1. The van der Waals surface area contributed by atoms with Crippen molar-refractivity contribution in [3.8, 4) is 89.9 Å². The number of nitrogens with zero attached hydrogens (tertiary/aromatic N) is 4. The standard InChI is InChI=1S/C64H40N4O/c1-4-15-41(16-5-1)43-27-33-47(34-28-43)62-66-63(48-35-29-44(30-36-48)42-17-6-2-7-18-42)68-64(67-62)49-37-31-45(32-38-49)50-21-14-22-51(39-50)61-54-40-57-60(53-24-11-13-26-56(53)69-57)58(46-19-8-3-9-20-46)59(54)52-23-10-12-25-55(52)65-61/h1-40H. The van der Waals surface area contributed by atoms with Crippen LogP contribution in [0.25, 0.3) is 134 Å². The molecule has 0 spiro atoms. The molecule has 5 nitrogen and oxygen atoms in total. The molecule has 0 bridgehead atoms. The summed E-state index contributed by atoms with van der Waals surface area (Å²) in [6, 6.07) is 84.5. The molecule has 0 aliphatic carbocycles. The minimum Gasteiger partial charge on any atom is -0.456 e. The van der Waals surface area contributed by atoms with E-state index in [0.29, 0.717) is 17.5 Å². The van der Waals surface area contributed by atoms with Crippen molar-refractivity contribution >= 4 is 43.6 Å². The van der Waals surface area contributed by atoms with E-state index in [4.69, 9.17) is 24.4 Å². The number of aromatic nitrogens is 4. The van der Waals surface area contributed by atoms with E-state index >= 15 is 0 Å². The third kappa shape index (κ3) is 7.30. The van der Waals surface area contributed by atoms with E-state index in [0.717, 1.165) is 116 Å². The third-order valence-electron chi connectivity index (χ3n) is 13.1. The van der Waals surface area contributed by atoms with Crippen LogP contribution in [0.3, 0.4) is 0 Å². The van der Waals surface area contributed by atoms with Crippen LogP contribution in [0.15, 0.2) is 247 Å². The lowest BCUT2D eigenvalue weighted by Gasteiger charge is -2.16. The van der Waals surface area contributed by atoms with Gasteiger partial charge in [-0.15, -0.1) is 0 Å². The summed E-state index contributed by atoms with van der Waals surface area (Å²) in [5.74, 6) is 1.83. The molecule has 0 saturated carbocycles. The molecule has 5 heteroatoms. The maximum atomic E-state index is 6.63. The van der Waals surface area contributed by atoms with Gasteiger partial charge in [-0.2, -0.15) is 0 Å². The van der Waals surface area contributed by atoms with Gasteiger partial charge in [-0.05, 0) is 63.2 Å². The molecule has 10 aromatic carbocycles. The van der Waals surface area contributed by atoms with Crippen molar-refractivity contribution < 1.29 is 4.42 Å². The summed E-state index contributed by atoms with van der Waals surface area (Å²) in [7, 11) is 0. The van der Waals surface area contributed by atoms with Gasteiger partial charge in [-0.3, -0.25) is 0 Å². The predicted molar refractivity (Wildman–Crippen MR) is 283 cm³/mol. The van der Waals surface area contributed by atoms with Crippen LogP contribution in [-0.2, 0) is 0 Å². The van der Waals surface area contributed by atoms with Crippen molar-refractivity contribution in [3.05, 3.63) is 243 Å². The number of fused-ring (bicyclic) bond motifs is 6. The van der Waals surface area contributed by atoms with Gasteiger partial charge in [0.1, 0.15) is 11.2 Å². The molecule has 3 aromatic heterocycles. The highest BCUT2D eigenvalue weighted by Gasteiger charge is 2.22. The Balaban J connectivity index is 0.907. The Hall–Kier alpha value is -9.32. The first-order valence-electron chi connectivity index (χ1n) is 23.2. The number of rotatable bonds is 8. The van der Waals surface area contributed by atoms with Crippen LogP contribution < -0.4 is 0 Å². The summed E-state index contributed by atoms with van der Waals surface area (Å²) in [5.41, 5.74) is 16.3. The number of hydrogen-bond donors (Lipinski definition) is 0. The Morgan fingerprint density at radius 3 is 1.23 bits per heavy atom. The Morgan fingerprint density at radius 1 is 0.246 bits per heavy atom. The molecule has 0 unspecified atom stereocenters. The zero-order chi connectivity index (χ0) is 45.7. The summed E-state index contributed by atoms with van der Waals surface area (Å²) in [5, 5.41) is 5.51. The van der Waals surface area contributed by atoms with Gasteiger partial charge in [0, 0.05) is 54.7 Å². The van der Waals surface area contributed by atoms with E-state index in [1.54, 1.807) is 0 Å². The van der Waals surface area contributed by atoms with Crippen molar-refractivity contribution in [1.29, 1.82) is 0 Å². The number of para-hydroxylation sites is 2. The molecule has 3 heterocycles. The van der Waals surface area contributed by atoms with E-state index in [9.17, 15) is 0 Å². The highest BCUT2D eigenvalue weighted by molar-refractivity contribution is 6.27. The molecule has 0 radical (unpaired) electrons. The minimum absolute atomic E-state index is 0.604. The topological polar surface area (TPSA) is 64.7 Å². The molecule has 0 N–H and O–H groups in total. The fourth-order valence-electron chi connectivity index (χ4n) is 9.74. The van der Waals surface area contributed by atoms with Crippen LogP contribution >= 0.6 is 0 Å². The largest absolute Gasteiger partial charge is 0.456 e. The lowest BCUT2D eigenvalue weighted by Crippen LogP contribution is -2.00. The van der Waals surface area contributed by atoms with Gasteiger partial charge in [0.15, 0.2) is 17.5 Å². The molecule has 322 valence electrons. The molecule has 0 aliphatic heterocycles. The Labute approximate surface area is 398 Å². The molecular weight excluding hydrogens is 841 g/mol. The monoisotopic (exact) mass is 880 g/mol. The first-order chi connectivity index (χ1) is 34.2. The lowest BCUT2D eigenvalue weighted by molar-refractivity contribution is 0.669. The zero-order valence-electron chi connectivity index (χ0n) is 37.3. The average Bonchev–Trinajstić information content (AvgIpc) is 3.81. The molecule has 0 amide bonds. The Morgan fingerprint density at radius 2 is 0.667 bits per heavy atom. The van der Waals surface area contributed by atoms with Crippen molar-refractivity contribution in [1.82, 2.24) is 19.9 Å². The lowest BCUT2D eigenvalue weighted by atomic mass is 9.89. The van der Waals surface area contributed by atoms with Crippen molar-refractivity contribution in [3.63, 3.8) is 0 Å². The summed E-state index contributed by atoms with van der Waals surface area (Å²) in [6.07, 6.45) is 0. The number of hydrogen-bond acceptors (Lipinski definition) is 5. The van der Waals surface area contributed by atoms with Gasteiger partial charge in [0.05, 0.1) is 11.2 Å². The van der Waals surface area contributed by atoms with Crippen LogP contribution in [0.5, 0.6) is 0 Å². The number of pyridine rings is 1. The normalized spacial score (nSPS) is 11.5. The van der Waals surface area contributed by atoms with Crippen LogP contribution in [0, 0.1) is 0 Å². The highest BCUT2D eigenvalue weighted by Crippen LogP contribution is 2.46. The smallest absolute Gasteiger partial charge is 0.164 e. The molecule has 0 saturated heterocycles. The second-order valence-electron chi connectivity index (χ2n) is 17.3. The molecule has 0 fully saturated rings. The van der Waals surface area contributed by atoms with E-state index in [1.807, 2.05) is 18.2 Å². The maximum absolute atomic E-state index is 6.63. The average molecular weight is 881 g/mol. The summed E-state index contributed by atoms with van der Waals surface area (Å²) < 4.78 is 6.63. The quantitative estimate of drug-likeness (QED) is 0.142. The fraction of sp³-hybridized carbons (Fsp3) is 0. The molecule has 0 aliphatic rings. The van der Waals surface area contributed by atoms with Crippen LogP contribution in [0.2, 0.25) is 0 Å². The van der Waals surface area contributed by atoms with E-state index < -0.39 is 0 Å². The number of benzene rings is 10. The molecule has 13 rings (SSSR count). The SMILES string of the molecule is c1ccc(-c2ccc(-c3nc(-c4ccc(-c5ccccc5)cc4)nc(-c4ccc(-c5cccc(-c6nc7ccccc7c7c(-c8ccccc8)c8c(cc67)oc6ccccc68)c5)cc4)n3)cc2)cc1. The Bertz CT molecular complexity index is 3920. The molecule has 13 aromatic rings. The van der Waals surface area contributed by atoms with Crippen molar-refractivity contribution in [2.45, 2.75) is 0 Å². The molecule has 0 atom stereocenters. The van der Waals surface area contributed by atoms with Crippen molar-refractivity contribution in [2.24, 2.45) is 0 Å². The van der Waals surface area contributed by atoms with Crippen molar-refractivity contribution in [2.75, 3.05) is 0 Å². The van der Waals surface area contributed by atoms with Gasteiger partial charge >= 0.3 is 0 Å². The second-order valence-corrected chi connectivity index (χ2v) is 17.3. The second kappa shape index (κ2) is 16.8. The predicted octanol–water partition coefficient (Wildman–Crippen LogP) is 16.8. The summed E-state index contributed by atoms with van der Waals surface area (Å²) in [6.45, 7) is 0. The van der Waals surface area contributed by atoms with E-state index in [2.05, 4.69) is 224 Å². The van der Waals surface area contributed by atoms with E-state index in [-0.39, 0.29) is 0 Å². The summed E-state index contributed by atoms with van der Waals surface area (Å²) in [4.78, 5) is 20.7. The maximum Gasteiger partial charge on any atom is 0.164 e. The van der Waals surface area contributed by atoms with Crippen LogP contribution in [-0.4, -0.2) is 19.9 Å². The van der Waals surface area contributed by atoms with Gasteiger partial charge in [0.2, 0.25) is 0 Å². The van der Waals surface area contributed by atoms with Crippen LogP contribution in [0.4, 0.5) is 0 Å². The fourth-order valence-corrected chi connectivity index (χ4v) is 9.74. The minimum atomic E-state index is 0.604. The first kappa shape index (κ1) is 40.0. The Kier molecular flexibility index (Phi) is 9.76. The highest BCUT2D eigenvalue weighted by atomic mass is 16.3. The third-order valence-corrected chi connectivity index (χ3v) is 13.1. The van der Waals surface area contributed by atoms with Gasteiger partial charge in [-0.1, -0.05) is 218 Å². The van der Waals surface area contributed by atoms with Gasteiger partial charge < -0.3 is 4.42 Å². The zero-order valence-corrected chi connectivity index (χ0v) is 37.3. The first-order valence-corrected chi connectivity index (χ1v) is 23.2. The van der Waals surface area contributed by atoms with Crippen LogP contribution in [0.1, 0.15) is 0 Å². The van der Waals surface area contributed by atoms with Gasteiger partial charge in [-0.25, -0.2) is 19.9 Å². The van der Waals surface area contributed by atoms with Gasteiger partial charge in [0.25, 0.3) is 0 Å².